The fraction of sp³-hybridized carbons (Fsp3) is 0.286. The molecule has 0 saturated heterocycles. The quantitative estimate of drug-likeness (QED) is 0.770. The maximum atomic E-state index is 13.8. The number of amides is 1. The van der Waals surface area contributed by atoms with Gasteiger partial charge in [0.15, 0.2) is 0 Å². The summed E-state index contributed by atoms with van der Waals surface area (Å²) in [6.07, 6.45) is 6.93. The van der Waals surface area contributed by atoms with Crippen molar-refractivity contribution in [1.29, 1.82) is 0 Å². The Morgan fingerprint density at radius 3 is 2.50 bits per heavy atom. The van der Waals surface area contributed by atoms with Gasteiger partial charge in [0, 0.05) is 24.5 Å². The van der Waals surface area contributed by atoms with Gasteiger partial charge in [-0.1, -0.05) is 30.3 Å². The number of aromatic nitrogens is 2. The van der Waals surface area contributed by atoms with Gasteiger partial charge in [0.05, 0.1) is 11.1 Å². The van der Waals surface area contributed by atoms with E-state index in [9.17, 15) is 9.18 Å². The van der Waals surface area contributed by atoms with Gasteiger partial charge in [0.2, 0.25) is 0 Å². The van der Waals surface area contributed by atoms with Crippen molar-refractivity contribution in [2.24, 2.45) is 0 Å². The lowest BCUT2D eigenvalue weighted by Gasteiger charge is -2.29. The number of carbonyl (C=O) groups is 1. The molecule has 0 aliphatic heterocycles. The summed E-state index contributed by atoms with van der Waals surface area (Å²) < 4.78 is 13.8. The minimum atomic E-state index is -0.476. The lowest BCUT2D eigenvalue weighted by atomic mass is 9.81. The van der Waals surface area contributed by atoms with Crippen LogP contribution in [0, 0.1) is 5.82 Å². The highest BCUT2D eigenvalue weighted by Gasteiger charge is 2.24. The van der Waals surface area contributed by atoms with Crippen molar-refractivity contribution in [2.45, 2.75) is 37.6 Å². The molecule has 1 amide bonds. The Morgan fingerprint density at radius 1 is 1.00 bits per heavy atom. The molecule has 0 bridgehead atoms. The van der Waals surface area contributed by atoms with Crippen LogP contribution < -0.4 is 5.32 Å². The molecule has 1 N–H and O–H groups in total. The van der Waals surface area contributed by atoms with Crippen molar-refractivity contribution < 1.29 is 9.18 Å². The molecule has 0 unspecified atom stereocenters. The fourth-order valence-corrected chi connectivity index (χ4v) is 3.77. The SMILES string of the molecule is O=C(NC1CCC(c2ccccc2)CC1)c1cc(F)cc2nccnc12. The third-order valence-electron chi connectivity index (χ3n) is 5.12. The second-order valence-electron chi connectivity index (χ2n) is 6.81. The summed E-state index contributed by atoms with van der Waals surface area (Å²) in [5.74, 6) is -0.209. The number of carbonyl (C=O) groups excluding carboxylic acids is 1. The minimum absolute atomic E-state index is 0.109. The molecule has 5 heteroatoms. The molecule has 4 nitrogen and oxygen atoms in total. The van der Waals surface area contributed by atoms with E-state index in [1.807, 2.05) is 6.07 Å². The topological polar surface area (TPSA) is 54.9 Å². The Balaban J connectivity index is 1.45. The Bertz CT molecular complexity index is 921. The second kappa shape index (κ2) is 7.20. The summed E-state index contributed by atoms with van der Waals surface area (Å²) in [6.45, 7) is 0. The van der Waals surface area contributed by atoms with Crippen LogP contribution in [-0.2, 0) is 0 Å². The zero-order valence-corrected chi connectivity index (χ0v) is 14.4. The molecule has 4 rings (SSSR count). The third kappa shape index (κ3) is 3.43. The minimum Gasteiger partial charge on any atom is -0.349 e. The van der Waals surface area contributed by atoms with Crippen LogP contribution in [0.4, 0.5) is 4.39 Å². The van der Waals surface area contributed by atoms with E-state index >= 15 is 0 Å². The molecular weight excluding hydrogens is 329 g/mol. The third-order valence-corrected chi connectivity index (χ3v) is 5.12. The Hall–Kier alpha value is -2.82. The average molecular weight is 349 g/mol. The molecule has 132 valence electrons. The van der Waals surface area contributed by atoms with E-state index in [1.165, 1.54) is 30.1 Å². The lowest BCUT2D eigenvalue weighted by molar-refractivity contribution is 0.0927. The summed E-state index contributed by atoms with van der Waals surface area (Å²) in [6, 6.07) is 13.1. The second-order valence-corrected chi connectivity index (χ2v) is 6.81. The van der Waals surface area contributed by atoms with Gasteiger partial charge in [0.1, 0.15) is 11.3 Å². The van der Waals surface area contributed by atoms with E-state index < -0.39 is 5.82 Å². The van der Waals surface area contributed by atoms with Crippen LogP contribution in [0.1, 0.15) is 47.5 Å². The summed E-state index contributed by atoms with van der Waals surface area (Å²) in [4.78, 5) is 21.0. The Morgan fingerprint density at radius 2 is 1.73 bits per heavy atom. The zero-order chi connectivity index (χ0) is 17.9. The molecule has 2 aromatic carbocycles. The molecule has 1 aromatic heterocycles. The molecule has 0 spiro atoms. The zero-order valence-electron chi connectivity index (χ0n) is 14.4. The Labute approximate surface area is 151 Å². The van der Waals surface area contributed by atoms with Crippen LogP contribution in [-0.4, -0.2) is 21.9 Å². The number of benzene rings is 2. The van der Waals surface area contributed by atoms with Crippen LogP contribution in [0.15, 0.2) is 54.9 Å². The number of fused-ring (bicyclic) bond motifs is 1. The first-order valence-electron chi connectivity index (χ1n) is 8.97. The standard InChI is InChI=1S/C21H20FN3O/c22-16-12-18(20-19(13-16)23-10-11-24-20)21(26)25-17-8-6-15(7-9-17)14-4-2-1-3-5-14/h1-5,10-13,15,17H,6-9H2,(H,25,26). The van der Waals surface area contributed by atoms with E-state index in [-0.39, 0.29) is 17.5 Å². The largest absolute Gasteiger partial charge is 0.349 e. The van der Waals surface area contributed by atoms with E-state index in [2.05, 4.69) is 39.6 Å². The molecule has 1 fully saturated rings. The lowest BCUT2D eigenvalue weighted by Crippen LogP contribution is -2.37. The van der Waals surface area contributed by atoms with Gasteiger partial charge in [0.25, 0.3) is 5.91 Å². The van der Waals surface area contributed by atoms with Gasteiger partial charge in [-0.2, -0.15) is 0 Å². The van der Waals surface area contributed by atoms with Crippen molar-refractivity contribution >= 4 is 16.9 Å². The smallest absolute Gasteiger partial charge is 0.253 e. The molecule has 1 aliphatic rings. The maximum Gasteiger partial charge on any atom is 0.253 e. The van der Waals surface area contributed by atoms with Crippen LogP contribution in [0.3, 0.4) is 0 Å². The van der Waals surface area contributed by atoms with Crippen molar-refractivity contribution in [3.63, 3.8) is 0 Å². The first-order chi connectivity index (χ1) is 12.7. The van der Waals surface area contributed by atoms with Crippen molar-refractivity contribution in [1.82, 2.24) is 15.3 Å². The summed E-state index contributed by atoms with van der Waals surface area (Å²) in [5, 5.41) is 3.05. The number of rotatable bonds is 3. The molecule has 3 aromatic rings. The Kier molecular flexibility index (Phi) is 4.61. The average Bonchev–Trinajstić information content (AvgIpc) is 2.68. The highest BCUT2D eigenvalue weighted by Crippen LogP contribution is 2.32. The fourth-order valence-electron chi connectivity index (χ4n) is 3.77. The molecule has 0 radical (unpaired) electrons. The number of hydrogen-bond acceptors (Lipinski definition) is 3. The highest BCUT2D eigenvalue weighted by atomic mass is 19.1. The summed E-state index contributed by atoms with van der Waals surface area (Å²) >= 11 is 0. The van der Waals surface area contributed by atoms with Crippen molar-refractivity contribution in [3.8, 4) is 0 Å². The van der Waals surface area contributed by atoms with Crippen LogP contribution in [0.25, 0.3) is 11.0 Å². The van der Waals surface area contributed by atoms with Gasteiger partial charge in [-0.15, -0.1) is 0 Å². The van der Waals surface area contributed by atoms with Crippen LogP contribution in [0.2, 0.25) is 0 Å². The molecule has 1 heterocycles. The molecular formula is C21H20FN3O. The van der Waals surface area contributed by atoms with E-state index in [0.29, 0.717) is 17.0 Å². The van der Waals surface area contributed by atoms with Gasteiger partial charge < -0.3 is 5.32 Å². The number of hydrogen-bond donors (Lipinski definition) is 1. The first kappa shape index (κ1) is 16.6. The monoisotopic (exact) mass is 349 g/mol. The predicted octanol–water partition coefficient (Wildman–Crippen LogP) is 4.23. The number of nitrogens with zero attached hydrogens (tertiary/aromatic N) is 2. The number of nitrogens with one attached hydrogen (secondary N) is 1. The van der Waals surface area contributed by atoms with Crippen LogP contribution >= 0.6 is 0 Å². The van der Waals surface area contributed by atoms with E-state index in [0.717, 1.165) is 25.7 Å². The normalized spacial score (nSPS) is 20.0. The predicted molar refractivity (Wildman–Crippen MR) is 98.4 cm³/mol. The maximum absolute atomic E-state index is 13.8. The van der Waals surface area contributed by atoms with Gasteiger partial charge in [-0.3, -0.25) is 14.8 Å². The van der Waals surface area contributed by atoms with Gasteiger partial charge >= 0.3 is 0 Å². The van der Waals surface area contributed by atoms with Crippen molar-refractivity contribution in [2.75, 3.05) is 0 Å². The molecule has 1 aliphatic carbocycles. The van der Waals surface area contributed by atoms with Gasteiger partial charge in [-0.25, -0.2) is 4.39 Å². The number of halogens is 1. The molecule has 26 heavy (non-hydrogen) atoms. The first-order valence-corrected chi connectivity index (χ1v) is 8.97. The van der Waals surface area contributed by atoms with E-state index in [1.54, 1.807) is 0 Å². The van der Waals surface area contributed by atoms with E-state index in [4.69, 9.17) is 0 Å². The van der Waals surface area contributed by atoms with Gasteiger partial charge in [-0.05, 0) is 43.2 Å². The molecule has 0 atom stereocenters. The summed E-state index contributed by atoms with van der Waals surface area (Å²) in [5.41, 5.74) is 2.44. The van der Waals surface area contributed by atoms with Crippen LogP contribution in [0.5, 0.6) is 0 Å². The summed E-state index contributed by atoms with van der Waals surface area (Å²) in [7, 11) is 0. The highest BCUT2D eigenvalue weighted by molar-refractivity contribution is 6.04. The molecule has 1 saturated carbocycles. The van der Waals surface area contributed by atoms with Crippen molar-refractivity contribution in [3.05, 3.63) is 71.8 Å².